The van der Waals surface area contributed by atoms with E-state index >= 15 is 0 Å². The third-order valence-electron chi connectivity index (χ3n) is 3.48. The second-order valence-electron chi connectivity index (χ2n) is 5.19. The number of carbonyl (C=O) groups excluding carboxylic acids is 1. The van der Waals surface area contributed by atoms with Crippen LogP contribution >= 0.6 is 11.3 Å². The van der Waals surface area contributed by atoms with Crippen molar-refractivity contribution in [3.63, 3.8) is 0 Å². The van der Waals surface area contributed by atoms with Gasteiger partial charge in [-0.2, -0.15) is 13.2 Å². The average Bonchev–Trinajstić information content (AvgIpc) is 2.67. The molecule has 1 aromatic rings. The molecule has 0 bridgehead atoms. The van der Waals surface area contributed by atoms with Crippen LogP contribution in [0.25, 0.3) is 0 Å². The Morgan fingerprint density at radius 1 is 1.29 bits per heavy atom. The van der Waals surface area contributed by atoms with Crippen LogP contribution < -0.4 is 0 Å². The largest absolute Gasteiger partial charge is 0.406 e. The summed E-state index contributed by atoms with van der Waals surface area (Å²) in [6, 6.07) is 1.73. The molecular weight excluding hydrogens is 303 g/mol. The molecule has 1 N–H and O–H groups in total. The summed E-state index contributed by atoms with van der Waals surface area (Å²) in [7, 11) is 0. The van der Waals surface area contributed by atoms with Gasteiger partial charge in [0.15, 0.2) is 0 Å². The molecule has 0 aromatic carbocycles. The second-order valence-corrected chi connectivity index (χ2v) is 6.32. The van der Waals surface area contributed by atoms with Gasteiger partial charge in [-0.3, -0.25) is 4.79 Å². The smallest absolute Gasteiger partial charge is 0.395 e. The first-order valence-electron chi connectivity index (χ1n) is 6.99. The van der Waals surface area contributed by atoms with Crippen LogP contribution in [-0.4, -0.2) is 41.8 Å². The van der Waals surface area contributed by atoms with Crippen LogP contribution in [0.5, 0.6) is 0 Å². The lowest BCUT2D eigenvalue weighted by Crippen LogP contribution is -2.40. The van der Waals surface area contributed by atoms with Crippen molar-refractivity contribution in [2.75, 3.05) is 19.7 Å². The van der Waals surface area contributed by atoms with E-state index in [0.29, 0.717) is 9.78 Å². The summed E-state index contributed by atoms with van der Waals surface area (Å²) in [5.74, 6) is -0.639. The van der Waals surface area contributed by atoms with Gasteiger partial charge in [-0.05, 0) is 37.3 Å². The van der Waals surface area contributed by atoms with Gasteiger partial charge in [0.25, 0.3) is 5.91 Å². The number of carbonyl (C=O) groups is 1. The molecule has 1 aliphatic carbocycles. The van der Waals surface area contributed by atoms with Gasteiger partial charge in [-0.15, -0.1) is 11.3 Å². The fourth-order valence-electron chi connectivity index (χ4n) is 2.52. The Labute approximate surface area is 125 Å². The lowest BCUT2D eigenvalue weighted by atomic mass is 10.1. The van der Waals surface area contributed by atoms with Gasteiger partial charge in [0.2, 0.25) is 0 Å². The molecule has 1 heterocycles. The molecule has 0 saturated heterocycles. The zero-order valence-electron chi connectivity index (χ0n) is 11.6. The number of rotatable bonds is 4. The first kappa shape index (κ1) is 16.3. The first-order chi connectivity index (χ1) is 9.90. The average molecular weight is 321 g/mol. The summed E-state index contributed by atoms with van der Waals surface area (Å²) >= 11 is 1.30. The molecular formula is C14H18F3NO2S. The van der Waals surface area contributed by atoms with E-state index in [-0.39, 0.29) is 6.54 Å². The van der Waals surface area contributed by atoms with Crippen molar-refractivity contribution in [2.45, 2.75) is 38.3 Å². The van der Waals surface area contributed by atoms with Crippen LogP contribution in [0.1, 0.15) is 39.4 Å². The van der Waals surface area contributed by atoms with Crippen LogP contribution in [0.3, 0.4) is 0 Å². The summed E-state index contributed by atoms with van der Waals surface area (Å²) in [5.41, 5.74) is 1.09. The number of fused-ring (bicyclic) bond motifs is 1. The molecule has 1 aromatic heterocycles. The number of hydrogen-bond donors (Lipinski definition) is 1. The molecule has 0 saturated carbocycles. The maximum absolute atomic E-state index is 12.5. The van der Waals surface area contributed by atoms with E-state index in [2.05, 4.69) is 0 Å². The Morgan fingerprint density at radius 3 is 2.67 bits per heavy atom. The summed E-state index contributed by atoms with van der Waals surface area (Å²) < 4.78 is 37.5. The molecule has 0 radical (unpaired) electrons. The topological polar surface area (TPSA) is 40.5 Å². The van der Waals surface area contributed by atoms with E-state index in [4.69, 9.17) is 5.11 Å². The molecule has 0 spiro atoms. The maximum Gasteiger partial charge on any atom is 0.406 e. The molecule has 2 rings (SSSR count). The van der Waals surface area contributed by atoms with Crippen molar-refractivity contribution < 1.29 is 23.1 Å². The minimum absolute atomic E-state index is 0.305. The standard InChI is InChI=1S/C14H18F3NO2S/c15-14(16,17)9-18(6-7-19)13(20)12-8-10-4-2-1-3-5-11(10)21-12/h8,19H,1-7,9H2. The number of thiophene rings is 1. The Balaban J connectivity index is 2.16. The molecule has 0 fully saturated rings. The lowest BCUT2D eigenvalue weighted by Gasteiger charge is -2.22. The second kappa shape index (κ2) is 6.79. The normalized spacial score (nSPS) is 15.4. The summed E-state index contributed by atoms with van der Waals surface area (Å²) in [4.78, 5) is 14.4. The number of hydrogen-bond acceptors (Lipinski definition) is 3. The van der Waals surface area contributed by atoms with Gasteiger partial charge in [0, 0.05) is 11.4 Å². The van der Waals surface area contributed by atoms with Crippen LogP contribution in [0.2, 0.25) is 0 Å². The lowest BCUT2D eigenvalue weighted by molar-refractivity contribution is -0.141. The van der Waals surface area contributed by atoms with Crippen molar-refractivity contribution >= 4 is 17.2 Å². The molecule has 1 aliphatic rings. The van der Waals surface area contributed by atoms with Gasteiger partial charge >= 0.3 is 6.18 Å². The van der Waals surface area contributed by atoms with Crippen LogP contribution in [0.15, 0.2) is 6.07 Å². The molecule has 3 nitrogen and oxygen atoms in total. The Kier molecular flexibility index (Phi) is 5.27. The highest BCUT2D eigenvalue weighted by Crippen LogP contribution is 2.30. The minimum Gasteiger partial charge on any atom is -0.395 e. The number of aliphatic hydroxyl groups excluding tert-OH is 1. The Morgan fingerprint density at radius 2 is 2.00 bits per heavy atom. The third kappa shape index (κ3) is 4.44. The predicted octanol–water partition coefficient (Wildman–Crippen LogP) is 3.01. The fourth-order valence-corrected chi connectivity index (χ4v) is 3.74. The Bertz CT molecular complexity index is 475. The number of halogens is 3. The van der Waals surface area contributed by atoms with Crippen molar-refractivity contribution in [3.8, 4) is 0 Å². The number of amides is 1. The van der Waals surface area contributed by atoms with E-state index in [1.807, 2.05) is 0 Å². The number of nitrogens with zero attached hydrogens (tertiary/aromatic N) is 1. The van der Waals surface area contributed by atoms with Gasteiger partial charge < -0.3 is 10.0 Å². The maximum atomic E-state index is 12.5. The molecule has 0 aliphatic heterocycles. The van der Waals surface area contributed by atoms with E-state index in [1.165, 1.54) is 11.3 Å². The van der Waals surface area contributed by atoms with Gasteiger partial charge in [0.05, 0.1) is 11.5 Å². The number of aliphatic hydroxyl groups is 1. The molecule has 1 amide bonds. The van der Waals surface area contributed by atoms with Crippen molar-refractivity contribution in [3.05, 3.63) is 21.4 Å². The van der Waals surface area contributed by atoms with Gasteiger partial charge in [-0.1, -0.05) is 6.42 Å². The monoisotopic (exact) mass is 321 g/mol. The molecule has 7 heteroatoms. The number of aryl methyl sites for hydroxylation is 2. The van der Waals surface area contributed by atoms with Crippen molar-refractivity contribution in [1.29, 1.82) is 0 Å². The van der Waals surface area contributed by atoms with Crippen LogP contribution in [-0.2, 0) is 12.8 Å². The molecule has 0 unspecified atom stereocenters. The zero-order chi connectivity index (χ0) is 15.5. The Hall–Kier alpha value is -1.08. The van der Waals surface area contributed by atoms with Crippen LogP contribution in [0.4, 0.5) is 13.2 Å². The van der Waals surface area contributed by atoms with Gasteiger partial charge in [-0.25, -0.2) is 0 Å². The summed E-state index contributed by atoms with van der Waals surface area (Å²) in [5, 5.41) is 8.87. The highest BCUT2D eigenvalue weighted by molar-refractivity contribution is 7.14. The summed E-state index contributed by atoms with van der Waals surface area (Å²) in [6.07, 6.45) is 0.587. The van der Waals surface area contributed by atoms with E-state index in [9.17, 15) is 18.0 Å². The van der Waals surface area contributed by atoms with E-state index < -0.39 is 25.2 Å². The molecule has 118 valence electrons. The third-order valence-corrected chi connectivity index (χ3v) is 4.71. The van der Waals surface area contributed by atoms with Crippen molar-refractivity contribution in [2.24, 2.45) is 0 Å². The molecule has 21 heavy (non-hydrogen) atoms. The quantitative estimate of drug-likeness (QED) is 0.866. The first-order valence-corrected chi connectivity index (χ1v) is 7.81. The highest BCUT2D eigenvalue weighted by Gasteiger charge is 2.33. The van der Waals surface area contributed by atoms with E-state index in [0.717, 1.165) is 42.5 Å². The SMILES string of the molecule is O=C(c1cc2c(s1)CCCCC2)N(CCO)CC(F)(F)F. The predicted molar refractivity (Wildman–Crippen MR) is 74.6 cm³/mol. The minimum atomic E-state index is -4.46. The van der Waals surface area contributed by atoms with Crippen molar-refractivity contribution in [1.82, 2.24) is 4.90 Å². The number of alkyl halides is 3. The van der Waals surface area contributed by atoms with E-state index in [1.54, 1.807) is 6.07 Å². The summed E-state index contributed by atoms with van der Waals surface area (Å²) in [6.45, 7) is -2.11. The van der Waals surface area contributed by atoms with Gasteiger partial charge in [0.1, 0.15) is 6.54 Å². The van der Waals surface area contributed by atoms with Crippen LogP contribution in [0, 0.1) is 0 Å². The molecule has 0 atom stereocenters. The zero-order valence-corrected chi connectivity index (χ0v) is 12.4. The fraction of sp³-hybridized carbons (Fsp3) is 0.643. The highest BCUT2D eigenvalue weighted by atomic mass is 32.1.